The van der Waals surface area contributed by atoms with E-state index in [0.717, 1.165) is 42.2 Å². The minimum absolute atomic E-state index is 0.728. The number of rotatable bonds is 8. The topological polar surface area (TPSA) is 68.5 Å². The highest BCUT2D eigenvalue weighted by atomic mass is 32.2. The molecule has 0 amide bonds. The van der Waals surface area contributed by atoms with E-state index in [1.165, 1.54) is 12.8 Å². The lowest BCUT2D eigenvalue weighted by Gasteiger charge is -2.05. The highest BCUT2D eigenvalue weighted by molar-refractivity contribution is 7.99. The number of nitrogens with zero attached hydrogens (tertiary/aromatic N) is 5. The fourth-order valence-electron chi connectivity index (χ4n) is 1.90. The van der Waals surface area contributed by atoms with Crippen molar-refractivity contribution in [1.29, 1.82) is 0 Å². The number of tetrazole rings is 1. The molecule has 0 radical (unpaired) electrons. The Kier molecular flexibility index (Phi) is 4.60. The first-order valence-corrected chi connectivity index (χ1v) is 7.92. The second-order valence-electron chi connectivity index (χ2n) is 4.83. The van der Waals surface area contributed by atoms with Crippen molar-refractivity contribution in [2.24, 2.45) is 0 Å². The van der Waals surface area contributed by atoms with E-state index in [1.807, 2.05) is 29.1 Å². The third-order valence-electron chi connectivity index (χ3n) is 3.15. The van der Waals surface area contributed by atoms with Crippen LogP contribution in [0.4, 0.5) is 0 Å². The Bertz CT molecular complexity index is 525. The zero-order valence-electron chi connectivity index (χ0n) is 11.3. The molecule has 0 bridgehead atoms. The molecule has 6 nitrogen and oxygen atoms in total. The molecule has 0 atom stereocenters. The molecule has 0 aliphatic heterocycles. The summed E-state index contributed by atoms with van der Waals surface area (Å²) in [5.41, 5.74) is 1.11. The van der Waals surface area contributed by atoms with Crippen LogP contribution in [-0.2, 0) is 13.0 Å². The summed E-state index contributed by atoms with van der Waals surface area (Å²) in [5, 5.41) is 16.2. The first-order chi connectivity index (χ1) is 9.92. The number of hydrogen-bond acceptors (Lipinski definition) is 6. The maximum atomic E-state index is 4.31. The van der Waals surface area contributed by atoms with Gasteiger partial charge in [-0.15, -0.1) is 5.10 Å². The van der Waals surface area contributed by atoms with E-state index >= 15 is 0 Å². The predicted octanol–water partition coefficient (Wildman–Crippen LogP) is 1.15. The van der Waals surface area contributed by atoms with Gasteiger partial charge in [0.25, 0.3) is 0 Å². The summed E-state index contributed by atoms with van der Waals surface area (Å²) in [4.78, 5) is 4.31. The number of aryl methyl sites for hydroxylation is 1. The smallest absolute Gasteiger partial charge is 0.209 e. The second-order valence-corrected chi connectivity index (χ2v) is 5.89. The molecular weight excluding hydrogens is 272 g/mol. The van der Waals surface area contributed by atoms with Gasteiger partial charge in [-0.05, 0) is 41.8 Å². The molecule has 7 heteroatoms. The lowest BCUT2D eigenvalue weighted by Crippen LogP contribution is -2.22. The number of aromatic nitrogens is 5. The minimum Gasteiger partial charge on any atom is -0.312 e. The maximum absolute atomic E-state index is 4.31. The van der Waals surface area contributed by atoms with E-state index in [2.05, 4.69) is 25.8 Å². The lowest BCUT2D eigenvalue weighted by molar-refractivity contribution is 0.509. The van der Waals surface area contributed by atoms with Crippen molar-refractivity contribution in [2.45, 2.75) is 37.0 Å². The van der Waals surface area contributed by atoms with Crippen LogP contribution >= 0.6 is 11.8 Å². The zero-order valence-corrected chi connectivity index (χ0v) is 12.1. The summed E-state index contributed by atoms with van der Waals surface area (Å²) < 4.78 is 1.87. The Labute approximate surface area is 122 Å². The third kappa shape index (κ3) is 4.01. The van der Waals surface area contributed by atoms with E-state index in [4.69, 9.17) is 0 Å². The largest absolute Gasteiger partial charge is 0.312 e. The van der Waals surface area contributed by atoms with Gasteiger partial charge in [-0.2, -0.15) is 0 Å². The van der Waals surface area contributed by atoms with Crippen LogP contribution in [0, 0.1) is 0 Å². The number of hydrogen-bond donors (Lipinski definition) is 1. The Morgan fingerprint density at radius 1 is 1.35 bits per heavy atom. The van der Waals surface area contributed by atoms with Gasteiger partial charge in [-0.3, -0.25) is 4.98 Å². The van der Waals surface area contributed by atoms with E-state index in [-0.39, 0.29) is 0 Å². The van der Waals surface area contributed by atoms with Gasteiger partial charge in [0, 0.05) is 30.2 Å². The molecule has 0 aromatic carbocycles. The molecule has 0 saturated heterocycles. The SMILES string of the molecule is c1ccc(CCSc2nnnn2CCNC2CC2)nc1. The molecule has 106 valence electrons. The van der Waals surface area contributed by atoms with Crippen LogP contribution in [0.5, 0.6) is 0 Å². The van der Waals surface area contributed by atoms with Crippen molar-refractivity contribution in [3.05, 3.63) is 30.1 Å². The molecular formula is C13H18N6S. The van der Waals surface area contributed by atoms with Crippen LogP contribution in [0.25, 0.3) is 0 Å². The molecule has 1 aliphatic rings. The third-order valence-corrected chi connectivity index (χ3v) is 4.11. The average Bonchev–Trinajstić information content (AvgIpc) is 3.20. The molecule has 2 aromatic rings. The van der Waals surface area contributed by atoms with Crippen LogP contribution in [0.1, 0.15) is 18.5 Å². The summed E-state index contributed by atoms with van der Waals surface area (Å²) >= 11 is 1.68. The van der Waals surface area contributed by atoms with Gasteiger partial charge in [0.05, 0.1) is 6.54 Å². The molecule has 0 unspecified atom stereocenters. The normalized spacial score (nSPS) is 14.6. The van der Waals surface area contributed by atoms with Crippen LogP contribution < -0.4 is 5.32 Å². The first kappa shape index (κ1) is 13.5. The van der Waals surface area contributed by atoms with Crippen molar-refractivity contribution in [2.75, 3.05) is 12.3 Å². The summed E-state index contributed by atoms with van der Waals surface area (Å²) in [6.45, 7) is 1.76. The Balaban J connectivity index is 1.43. The molecule has 3 rings (SSSR count). The average molecular weight is 290 g/mol. The van der Waals surface area contributed by atoms with Crippen molar-refractivity contribution in [3.8, 4) is 0 Å². The van der Waals surface area contributed by atoms with Gasteiger partial charge >= 0.3 is 0 Å². The van der Waals surface area contributed by atoms with Crippen molar-refractivity contribution in [1.82, 2.24) is 30.5 Å². The fourth-order valence-corrected chi connectivity index (χ4v) is 2.76. The number of nitrogens with one attached hydrogen (secondary N) is 1. The van der Waals surface area contributed by atoms with Gasteiger partial charge in [-0.1, -0.05) is 17.8 Å². The Morgan fingerprint density at radius 3 is 3.10 bits per heavy atom. The fraction of sp³-hybridized carbons (Fsp3) is 0.538. The number of thioether (sulfide) groups is 1. The van der Waals surface area contributed by atoms with E-state index in [1.54, 1.807) is 11.8 Å². The van der Waals surface area contributed by atoms with Crippen LogP contribution in [0.2, 0.25) is 0 Å². The molecule has 2 heterocycles. The molecule has 2 aromatic heterocycles. The van der Waals surface area contributed by atoms with Crippen LogP contribution in [-0.4, -0.2) is 43.5 Å². The van der Waals surface area contributed by atoms with Crippen molar-refractivity contribution < 1.29 is 0 Å². The van der Waals surface area contributed by atoms with Gasteiger partial charge < -0.3 is 5.32 Å². The van der Waals surface area contributed by atoms with E-state index < -0.39 is 0 Å². The molecule has 1 N–H and O–H groups in total. The summed E-state index contributed by atoms with van der Waals surface area (Å²) in [6.07, 6.45) is 5.37. The van der Waals surface area contributed by atoms with Gasteiger partial charge in [0.1, 0.15) is 0 Å². The van der Waals surface area contributed by atoms with Crippen molar-refractivity contribution >= 4 is 11.8 Å². The van der Waals surface area contributed by atoms with Gasteiger partial charge in [-0.25, -0.2) is 4.68 Å². The van der Waals surface area contributed by atoms with E-state index in [0.29, 0.717) is 0 Å². The minimum atomic E-state index is 0.728. The molecule has 1 saturated carbocycles. The summed E-state index contributed by atoms with van der Waals surface area (Å²) in [5.74, 6) is 0.938. The first-order valence-electron chi connectivity index (χ1n) is 6.94. The molecule has 0 spiro atoms. The zero-order chi connectivity index (χ0) is 13.6. The molecule has 1 aliphatic carbocycles. The van der Waals surface area contributed by atoms with Crippen LogP contribution in [0.3, 0.4) is 0 Å². The quantitative estimate of drug-likeness (QED) is 0.736. The standard InChI is InChI=1S/C13H18N6S/c1-2-7-14-11(3-1)6-10-20-13-16-17-18-19(13)9-8-15-12-4-5-12/h1-3,7,12,15H,4-6,8-10H2. The van der Waals surface area contributed by atoms with Crippen molar-refractivity contribution in [3.63, 3.8) is 0 Å². The lowest BCUT2D eigenvalue weighted by atomic mass is 10.3. The van der Waals surface area contributed by atoms with Gasteiger partial charge in [0.15, 0.2) is 0 Å². The highest BCUT2D eigenvalue weighted by Crippen LogP contribution is 2.18. The summed E-state index contributed by atoms with van der Waals surface area (Å²) in [7, 11) is 0. The Morgan fingerprint density at radius 2 is 2.30 bits per heavy atom. The van der Waals surface area contributed by atoms with Gasteiger partial charge in [0.2, 0.25) is 5.16 Å². The second kappa shape index (κ2) is 6.81. The summed E-state index contributed by atoms with van der Waals surface area (Å²) in [6, 6.07) is 6.72. The molecule has 20 heavy (non-hydrogen) atoms. The highest BCUT2D eigenvalue weighted by Gasteiger charge is 2.20. The van der Waals surface area contributed by atoms with E-state index in [9.17, 15) is 0 Å². The maximum Gasteiger partial charge on any atom is 0.209 e. The number of pyridine rings is 1. The monoisotopic (exact) mass is 290 g/mol. The van der Waals surface area contributed by atoms with Crippen LogP contribution in [0.15, 0.2) is 29.6 Å². The molecule has 1 fully saturated rings. The predicted molar refractivity (Wildman–Crippen MR) is 77.5 cm³/mol. The Hall–Kier alpha value is -1.47.